The van der Waals surface area contributed by atoms with Crippen LogP contribution in [-0.4, -0.2) is 30.3 Å². The maximum absolute atomic E-state index is 9.26. The number of nitrogens with zero attached hydrogens (tertiary/aromatic N) is 1. The van der Waals surface area contributed by atoms with Gasteiger partial charge >= 0.3 is 0 Å². The molecule has 1 fully saturated rings. The molecule has 1 aromatic rings. The predicted molar refractivity (Wildman–Crippen MR) is 85.2 cm³/mol. The van der Waals surface area contributed by atoms with Gasteiger partial charge in [-0.2, -0.15) is 0 Å². The van der Waals surface area contributed by atoms with Gasteiger partial charge in [0.1, 0.15) is 0 Å². The molecule has 3 nitrogen and oxygen atoms in total. The van der Waals surface area contributed by atoms with Crippen LogP contribution >= 0.6 is 0 Å². The Bertz CT molecular complexity index is 451. The van der Waals surface area contributed by atoms with Crippen LogP contribution in [0.4, 0.5) is 5.69 Å². The maximum atomic E-state index is 9.26. The third kappa shape index (κ3) is 3.97. The lowest BCUT2D eigenvalue weighted by molar-refractivity contribution is 0.238. The summed E-state index contributed by atoms with van der Waals surface area (Å²) in [4.78, 5) is 2.40. The Morgan fingerprint density at radius 3 is 2.65 bits per heavy atom. The van der Waals surface area contributed by atoms with E-state index in [9.17, 15) is 5.11 Å². The summed E-state index contributed by atoms with van der Waals surface area (Å²) in [6.45, 7) is 12.0. The van der Waals surface area contributed by atoms with Crippen molar-refractivity contribution in [2.75, 3.05) is 24.6 Å². The van der Waals surface area contributed by atoms with E-state index < -0.39 is 0 Å². The van der Waals surface area contributed by atoms with Crippen LogP contribution in [0.3, 0.4) is 0 Å². The molecule has 1 aliphatic heterocycles. The molecule has 0 spiro atoms. The van der Waals surface area contributed by atoms with E-state index in [0.29, 0.717) is 12.5 Å². The molecule has 0 aromatic heterocycles. The van der Waals surface area contributed by atoms with Gasteiger partial charge in [0.25, 0.3) is 0 Å². The number of hydrogen-bond donors (Lipinski definition) is 2. The van der Waals surface area contributed by atoms with E-state index in [0.717, 1.165) is 26.1 Å². The first kappa shape index (κ1) is 15.3. The molecule has 1 atom stereocenters. The number of aliphatic hydroxyl groups excluding tert-OH is 1. The third-order valence-electron chi connectivity index (χ3n) is 3.97. The van der Waals surface area contributed by atoms with E-state index in [4.69, 9.17) is 0 Å². The molecule has 1 aliphatic rings. The van der Waals surface area contributed by atoms with Gasteiger partial charge in [-0.1, -0.05) is 12.1 Å². The quantitative estimate of drug-likeness (QED) is 0.887. The lowest BCUT2D eigenvalue weighted by atomic mass is 10.1. The van der Waals surface area contributed by atoms with Crippen molar-refractivity contribution in [2.45, 2.75) is 46.2 Å². The molecule has 1 saturated heterocycles. The highest BCUT2D eigenvalue weighted by molar-refractivity contribution is 5.55. The molecule has 0 bridgehead atoms. The molecule has 112 valence electrons. The second kappa shape index (κ2) is 6.15. The summed E-state index contributed by atoms with van der Waals surface area (Å²) in [5.74, 6) is 0.441. The summed E-state index contributed by atoms with van der Waals surface area (Å²) in [5, 5.41) is 12.8. The Morgan fingerprint density at radius 1 is 1.35 bits per heavy atom. The third-order valence-corrected chi connectivity index (χ3v) is 3.97. The fourth-order valence-corrected chi connectivity index (χ4v) is 2.75. The molecule has 20 heavy (non-hydrogen) atoms. The van der Waals surface area contributed by atoms with Gasteiger partial charge in [0.2, 0.25) is 0 Å². The van der Waals surface area contributed by atoms with Crippen LogP contribution in [0.15, 0.2) is 18.2 Å². The molecule has 0 radical (unpaired) electrons. The predicted octanol–water partition coefficient (Wildman–Crippen LogP) is 2.70. The van der Waals surface area contributed by atoms with Crippen molar-refractivity contribution in [3.05, 3.63) is 29.3 Å². The minimum atomic E-state index is 0.149. The monoisotopic (exact) mass is 276 g/mol. The fraction of sp³-hybridized carbons (Fsp3) is 0.647. The molecule has 0 aliphatic carbocycles. The largest absolute Gasteiger partial charge is 0.396 e. The van der Waals surface area contributed by atoms with Gasteiger partial charge in [0, 0.05) is 43.4 Å². The number of aryl methyl sites for hydroxylation is 1. The number of aliphatic hydroxyl groups is 1. The Balaban J connectivity index is 2.03. The summed E-state index contributed by atoms with van der Waals surface area (Å²) in [6.07, 6.45) is 1.10. The molecule has 1 aromatic carbocycles. The number of hydrogen-bond acceptors (Lipinski definition) is 3. The van der Waals surface area contributed by atoms with Gasteiger partial charge in [-0.05, 0) is 51.3 Å². The van der Waals surface area contributed by atoms with Gasteiger partial charge in [-0.25, -0.2) is 0 Å². The Hall–Kier alpha value is -1.06. The average molecular weight is 276 g/mol. The number of benzene rings is 1. The molecule has 1 unspecified atom stereocenters. The highest BCUT2D eigenvalue weighted by Gasteiger charge is 2.22. The highest BCUT2D eigenvalue weighted by Crippen LogP contribution is 2.27. The molecule has 1 heterocycles. The van der Waals surface area contributed by atoms with Crippen molar-refractivity contribution in [1.29, 1.82) is 0 Å². The zero-order chi connectivity index (χ0) is 14.8. The second-order valence-electron chi connectivity index (χ2n) is 7.01. The first-order valence-corrected chi connectivity index (χ1v) is 7.59. The summed E-state index contributed by atoms with van der Waals surface area (Å²) >= 11 is 0. The van der Waals surface area contributed by atoms with Gasteiger partial charge in [-0.15, -0.1) is 0 Å². The minimum Gasteiger partial charge on any atom is -0.396 e. The zero-order valence-electron chi connectivity index (χ0n) is 13.2. The van der Waals surface area contributed by atoms with E-state index in [-0.39, 0.29) is 5.54 Å². The lowest BCUT2D eigenvalue weighted by Gasteiger charge is -2.23. The molecule has 3 heteroatoms. The Kier molecular flexibility index (Phi) is 4.71. The number of nitrogens with one attached hydrogen (secondary N) is 1. The minimum absolute atomic E-state index is 0.149. The smallest absolute Gasteiger partial charge is 0.0476 e. The van der Waals surface area contributed by atoms with E-state index in [1.807, 2.05) is 0 Å². The van der Waals surface area contributed by atoms with Crippen LogP contribution in [0.5, 0.6) is 0 Å². The van der Waals surface area contributed by atoms with Crippen molar-refractivity contribution in [2.24, 2.45) is 5.92 Å². The topological polar surface area (TPSA) is 35.5 Å². The molecule has 2 rings (SSSR count). The standard InChI is InChI=1S/C17H28N2O/c1-13-9-14(10-18-17(2,3)4)5-6-16(13)19-8-7-15(11-19)12-20/h5-6,9,15,18,20H,7-8,10-12H2,1-4H3. The SMILES string of the molecule is Cc1cc(CNC(C)(C)C)ccc1N1CCC(CO)C1. The Labute approximate surface area is 123 Å². The van der Waals surface area contributed by atoms with E-state index in [2.05, 4.69) is 56.1 Å². The Morgan fingerprint density at radius 2 is 2.10 bits per heavy atom. The van der Waals surface area contributed by atoms with Gasteiger partial charge in [-0.3, -0.25) is 0 Å². The highest BCUT2D eigenvalue weighted by atomic mass is 16.3. The summed E-state index contributed by atoms with van der Waals surface area (Å²) < 4.78 is 0. The average Bonchev–Trinajstić information content (AvgIpc) is 2.84. The first-order valence-electron chi connectivity index (χ1n) is 7.59. The number of rotatable bonds is 4. The van der Waals surface area contributed by atoms with Crippen molar-refractivity contribution < 1.29 is 5.11 Å². The second-order valence-corrected chi connectivity index (χ2v) is 7.01. The van der Waals surface area contributed by atoms with E-state index in [1.165, 1.54) is 16.8 Å². The van der Waals surface area contributed by atoms with Crippen LogP contribution in [0, 0.1) is 12.8 Å². The summed E-state index contributed by atoms with van der Waals surface area (Å²) in [5.41, 5.74) is 4.13. The van der Waals surface area contributed by atoms with E-state index in [1.54, 1.807) is 0 Å². The van der Waals surface area contributed by atoms with Gasteiger partial charge in [0.05, 0.1) is 0 Å². The van der Waals surface area contributed by atoms with Crippen molar-refractivity contribution >= 4 is 5.69 Å². The summed E-state index contributed by atoms with van der Waals surface area (Å²) in [7, 11) is 0. The maximum Gasteiger partial charge on any atom is 0.0476 e. The fourth-order valence-electron chi connectivity index (χ4n) is 2.75. The lowest BCUT2D eigenvalue weighted by Crippen LogP contribution is -2.35. The molecular weight excluding hydrogens is 248 g/mol. The van der Waals surface area contributed by atoms with Crippen molar-refractivity contribution in [1.82, 2.24) is 5.32 Å². The first-order chi connectivity index (χ1) is 9.39. The molecular formula is C17H28N2O. The zero-order valence-corrected chi connectivity index (χ0v) is 13.2. The normalized spacial score (nSPS) is 19.6. The molecule has 0 amide bonds. The number of anilines is 1. The summed E-state index contributed by atoms with van der Waals surface area (Å²) in [6, 6.07) is 6.72. The van der Waals surface area contributed by atoms with Gasteiger partial charge < -0.3 is 15.3 Å². The van der Waals surface area contributed by atoms with E-state index >= 15 is 0 Å². The molecule has 2 N–H and O–H groups in total. The van der Waals surface area contributed by atoms with Gasteiger partial charge in [0.15, 0.2) is 0 Å². The molecule has 0 saturated carbocycles. The van der Waals surface area contributed by atoms with Crippen molar-refractivity contribution in [3.8, 4) is 0 Å². The van der Waals surface area contributed by atoms with Crippen LogP contribution in [0.2, 0.25) is 0 Å². The van der Waals surface area contributed by atoms with Crippen LogP contribution in [-0.2, 0) is 6.54 Å². The van der Waals surface area contributed by atoms with Crippen LogP contribution in [0.1, 0.15) is 38.3 Å². The van der Waals surface area contributed by atoms with Crippen LogP contribution in [0.25, 0.3) is 0 Å². The van der Waals surface area contributed by atoms with Crippen LogP contribution < -0.4 is 10.2 Å². The van der Waals surface area contributed by atoms with Crippen molar-refractivity contribution in [3.63, 3.8) is 0 Å².